The smallest absolute Gasteiger partial charge is 0.108 e. The van der Waals surface area contributed by atoms with Crippen molar-refractivity contribution >= 4 is 11.9 Å². The van der Waals surface area contributed by atoms with Crippen LogP contribution in [0.25, 0.3) is 0 Å². The summed E-state index contributed by atoms with van der Waals surface area (Å²) in [5, 5.41) is 3.98. The maximum Gasteiger partial charge on any atom is 0.108 e. The number of rotatable bonds is 5. The lowest BCUT2D eigenvalue weighted by Gasteiger charge is -2.20. The third kappa shape index (κ3) is 5.17. The second-order valence-corrected chi connectivity index (χ2v) is 6.77. The van der Waals surface area contributed by atoms with Gasteiger partial charge in [-0.05, 0) is 56.2 Å². The lowest BCUT2D eigenvalue weighted by molar-refractivity contribution is 0.0226. The molecule has 1 aliphatic heterocycles. The van der Waals surface area contributed by atoms with Gasteiger partial charge in [0, 0.05) is 29.9 Å². The van der Waals surface area contributed by atoms with Crippen LogP contribution in [0.1, 0.15) is 55.7 Å². The Balaban J connectivity index is 1.74. The van der Waals surface area contributed by atoms with Gasteiger partial charge < -0.3 is 10.6 Å². The Morgan fingerprint density at radius 3 is 2.88 bits per heavy atom. The summed E-state index contributed by atoms with van der Waals surface area (Å²) < 4.78 is 5.72. The molecule has 1 saturated heterocycles. The van der Waals surface area contributed by atoms with E-state index in [0.717, 1.165) is 37.0 Å². The Hall–Kier alpha value is -2.12. The van der Waals surface area contributed by atoms with Crippen LogP contribution in [0.15, 0.2) is 28.3 Å². The number of hydrazone groups is 1. The SMILES string of the molecule is CCc1ccc(C#CC2CC2)cc1/C(C=NCC1CCCCO1)=N/N. The number of aliphatic imine (C=N–C) groups is 1. The molecule has 0 bridgehead atoms. The molecule has 4 heteroatoms. The molecule has 0 aromatic heterocycles. The van der Waals surface area contributed by atoms with Gasteiger partial charge in [0.2, 0.25) is 0 Å². The van der Waals surface area contributed by atoms with E-state index in [1.165, 1.54) is 24.8 Å². The summed E-state index contributed by atoms with van der Waals surface area (Å²) in [6.45, 7) is 3.65. The molecule has 2 fully saturated rings. The Morgan fingerprint density at radius 2 is 2.20 bits per heavy atom. The lowest BCUT2D eigenvalue weighted by Crippen LogP contribution is -2.22. The molecule has 4 nitrogen and oxygen atoms in total. The molecule has 1 aliphatic carbocycles. The van der Waals surface area contributed by atoms with Gasteiger partial charge in [-0.25, -0.2) is 0 Å². The number of ether oxygens (including phenoxy) is 1. The Morgan fingerprint density at radius 1 is 1.32 bits per heavy atom. The van der Waals surface area contributed by atoms with Gasteiger partial charge in [-0.2, -0.15) is 5.10 Å². The summed E-state index contributed by atoms with van der Waals surface area (Å²) in [7, 11) is 0. The minimum atomic E-state index is 0.227. The summed E-state index contributed by atoms with van der Waals surface area (Å²) in [6, 6.07) is 6.29. The van der Waals surface area contributed by atoms with Crippen molar-refractivity contribution < 1.29 is 4.74 Å². The summed E-state index contributed by atoms with van der Waals surface area (Å²) >= 11 is 0. The Bertz CT molecular complexity index is 702. The highest BCUT2D eigenvalue weighted by Crippen LogP contribution is 2.27. The molecule has 0 radical (unpaired) electrons. The quantitative estimate of drug-likeness (QED) is 0.388. The molecule has 1 aromatic carbocycles. The average Bonchev–Trinajstić information content (AvgIpc) is 3.49. The van der Waals surface area contributed by atoms with Gasteiger partial charge in [-0.1, -0.05) is 24.8 Å². The summed E-state index contributed by atoms with van der Waals surface area (Å²) in [5.41, 5.74) is 3.97. The third-order valence-electron chi connectivity index (χ3n) is 4.70. The van der Waals surface area contributed by atoms with Crippen LogP contribution in [-0.4, -0.2) is 31.2 Å². The van der Waals surface area contributed by atoms with Crippen molar-refractivity contribution in [2.45, 2.75) is 51.6 Å². The van der Waals surface area contributed by atoms with Crippen LogP contribution in [0.5, 0.6) is 0 Å². The van der Waals surface area contributed by atoms with Crippen molar-refractivity contribution in [1.82, 2.24) is 0 Å². The van der Waals surface area contributed by atoms with Crippen LogP contribution < -0.4 is 5.84 Å². The van der Waals surface area contributed by atoms with E-state index in [0.29, 0.717) is 18.2 Å². The van der Waals surface area contributed by atoms with E-state index in [1.807, 2.05) is 0 Å². The second-order valence-electron chi connectivity index (χ2n) is 6.77. The van der Waals surface area contributed by atoms with Crippen molar-refractivity contribution in [2.75, 3.05) is 13.2 Å². The molecule has 2 aliphatic rings. The number of nitrogens with zero attached hydrogens (tertiary/aromatic N) is 2. The normalized spacial score (nSPS) is 21.2. The van der Waals surface area contributed by atoms with Crippen molar-refractivity contribution in [2.24, 2.45) is 21.9 Å². The Labute approximate surface area is 150 Å². The topological polar surface area (TPSA) is 60.0 Å². The van der Waals surface area contributed by atoms with Crippen molar-refractivity contribution in [3.05, 3.63) is 34.9 Å². The fraction of sp³-hybridized carbons (Fsp3) is 0.524. The highest BCUT2D eigenvalue weighted by Gasteiger charge is 2.18. The molecule has 1 heterocycles. The van der Waals surface area contributed by atoms with Gasteiger partial charge >= 0.3 is 0 Å². The zero-order valence-corrected chi connectivity index (χ0v) is 15.0. The number of hydrogen-bond acceptors (Lipinski definition) is 4. The van der Waals surface area contributed by atoms with E-state index in [2.05, 4.69) is 47.1 Å². The maximum absolute atomic E-state index is 5.72. The molecule has 0 amide bonds. The zero-order valence-electron chi connectivity index (χ0n) is 15.0. The molecule has 0 spiro atoms. The van der Waals surface area contributed by atoms with E-state index < -0.39 is 0 Å². The second kappa shape index (κ2) is 8.82. The van der Waals surface area contributed by atoms with E-state index >= 15 is 0 Å². The van der Waals surface area contributed by atoms with Crippen LogP contribution in [-0.2, 0) is 11.2 Å². The minimum absolute atomic E-state index is 0.227. The predicted molar refractivity (Wildman–Crippen MR) is 103 cm³/mol. The standard InChI is InChI=1S/C21H27N3O/c1-2-18-11-10-17(9-8-16-6-7-16)13-20(18)21(24-22)15-23-14-19-5-3-4-12-25-19/h10-11,13,15-16,19H,2-7,12,14,22H2,1H3/b23-15?,24-21+. The van der Waals surface area contributed by atoms with E-state index in [1.54, 1.807) is 6.21 Å². The first-order chi connectivity index (χ1) is 12.3. The molecular weight excluding hydrogens is 310 g/mol. The molecule has 2 N–H and O–H groups in total. The maximum atomic E-state index is 5.72. The van der Waals surface area contributed by atoms with Crippen LogP contribution in [0, 0.1) is 17.8 Å². The van der Waals surface area contributed by atoms with Crippen LogP contribution >= 0.6 is 0 Å². The minimum Gasteiger partial charge on any atom is -0.376 e. The van der Waals surface area contributed by atoms with E-state index in [9.17, 15) is 0 Å². The highest BCUT2D eigenvalue weighted by molar-refractivity contribution is 6.38. The van der Waals surface area contributed by atoms with Gasteiger partial charge in [0.05, 0.1) is 12.6 Å². The summed E-state index contributed by atoms with van der Waals surface area (Å²) in [4.78, 5) is 4.54. The molecule has 1 saturated carbocycles. The number of nitrogens with two attached hydrogens (primary N) is 1. The highest BCUT2D eigenvalue weighted by atomic mass is 16.5. The molecule has 132 valence electrons. The fourth-order valence-corrected chi connectivity index (χ4v) is 2.99. The van der Waals surface area contributed by atoms with Gasteiger partial charge in [0.15, 0.2) is 0 Å². The van der Waals surface area contributed by atoms with Gasteiger partial charge in [-0.15, -0.1) is 0 Å². The average molecular weight is 337 g/mol. The number of aryl methyl sites for hydroxylation is 1. The van der Waals surface area contributed by atoms with Crippen molar-refractivity contribution in [3.8, 4) is 11.8 Å². The first-order valence-electron chi connectivity index (χ1n) is 9.34. The molecular formula is C21H27N3O. The summed E-state index contributed by atoms with van der Waals surface area (Å²) in [5.74, 6) is 12.8. The predicted octanol–water partition coefficient (Wildman–Crippen LogP) is 3.31. The molecule has 1 unspecified atom stereocenters. The monoisotopic (exact) mass is 337 g/mol. The first-order valence-corrected chi connectivity index (χ1v) is 9.34. The van der Waals surface area contributed by atoms with Gasteiger partial charge in [0.25, 0.3) is 0 Å². The van der Waals surface area contributed by atoms with Crippen molar-refractivity contribution in [3.63, 3.8) is 0 Å². The van der Waals surface area contributed by atoms with E-state index in [4.69, 9.17) is 10.6 Å². The van der Waals surface area contributed by atoms with Crippen LogP contribution in [0.3, 0.4) is 0 Å². The number of hydrogen-bond donors (Lipinski definition) is 1. The Kier molecular flexibility index (Phi) is 6.25. The largest absolute Gasteiger partial charge is 0.376 e. The zero-order chi connectivity index (χ0) is 17.5. The van der Waals surface area contributed by atoms with E-state index in [-0.39, 0.29) is 6.10 Å². The molecule has 3 rings (SSSR count). The first kappa shape index (κ1) is 17.7. The van der Waals surface area contributed by atoms with Gasteiger partial charge in [-0.3, -0.25) is 4.99 Å². The van der Waals surface area contributed by atoms with Crippen LogP contribution in [0.2, 0.25) is 0 Å². The van der Waals surface area contributed by atoms with Crippen LogP contribution in [0.4, 0.5) is 0 Å². The molecule has 25 heavy (non-hydrogen) atoms. The molecule has 1 aromatic rings. The summed E-state index contributed by atoms with van der Waals surface area (Å²) in [6.07, 6.45) is 8.86. The van der Waals surface area contributed by atoms with Crippen molar-refractivity contribution in [1.29, 1.82) is 0 Å². The number of benzene rings is 1. The van der Waals surface area contributed by atoms with Gasteiger partial charge in [0.1, 0.15) is 5.71 Å². The lowest BCUT2D eigenvalue weighted by atomic mass is 9.98. The fourth-order valence-electron chi connectivity index (χ4n) is 2.99. The third-order valence-corrected chi connectivity index (χ3v) is 4.70. The molecule has 1 atom stereocenters.